The summed E-state index contributed by atoms with van der Waals surface area (Å²) in [5.41, 5.74) is 1.97. The number of rotatable bonds is 15. The molecule has 2 aromatic carbocycles. The van der Waals surface area contributed by atoms with Crippen LogP contribution in [-0.2, 0) is 9.59 Å². The third-order valence-electron chi connectivity index (χ3n) is 5.20. The fraction of sp³-hybridized carbons (Fsp3) is 0.407. The quantitative estimate of drug-likeness (QED) is 0.251. The molecule has 0 atom stereocenters. The lowest BCUT2D eigenvalue weighted by Crippen LogP contribution is -2.11. The first kappa shape index (κ1) is 27.6. The average Bonchev–Trinajstić information content (AvgIpc) is 2.84. The van der Waals surface area contributed by atoms with Crippen molar-refractivity contribution in [1.29, 1.82) is 0 Å². The normalized spacial score (nSPS) is 11.0. The van der Waals surface area contributed by atoms with E-state index in [0.717, 1.165) is 24.8 Å². The first-order valence-electron chi connectivity index (χ1n) is 11.7. The molecule has 8 heteroatoms. The number of amides is 1. The molecular formula is C27H35NO7. The van der Waals surface area contributed by atoms with Gasteiger partial charge in [0.05, 0.1) is 33.1 Å². The first-order valence-corrected chi connectivity index (χ1v) is 11.7. The molecule has 0 spiro atoms. The SMILES string of the molecule is CCCCCOc1c(OC)cc(/C(C)=C/C(=O)Nc2ccccc2OCCCC(=O)O)cc1OC. The minimum atomic E-state index is -0.875. The maximum atomic E-state index is 12.7. The lowest BCUT2D eigenvalue weighted by molar-refractivity contribution is -0.137. The Labute approximate surface area is 206 Å². The van der Waals surface area contributed by atoms with Gasteiger partial charge in [-0.15, -0.1) is 0 Å². The molecule has 190 valence electrons. The highest BCUT2D eigenvalue weighted by Gasteiger charge is 2.16. The van der Waals surface area contributed by atoms with Crippen LogP contribution >= 0.6 is 0 Å². The van der Waals surface area contributed by atoms with Gasteiger partial charge in [0.2, 0.25) is 11.7 Å². The molecule has 0 aliphatic heterocycles. The number of unbranched alkanes of at least 4 members (excludes halogenated alkanes) is 2. The van der Waals surface area contributed by atoms with E-state index in [9.17, 15) is 9.59 Å². The molecule has 0 unspecified atom stereocenters. The zero-order valence-electron chi connectivity index (χ0n) is 20.9. The molecule has 0 saturated heterocycles. The van der Waals surface area contributed by atoms with E-state index in [1.165, 1.54) is 6.08 Å². The van der Waals surface area contributed by atoms with Gasteiger partial charge in [0.25, 0.3) is 0 Å². The largest absolute Gasteiger partial charge is 0.493 e. The number of hydrogen-bond acceptors (Lipinski definition) is 6. The average molecular weight is 486 g/mol. The Kier molecular flexibility index (Phi) is 11.5. The van der Waals surface area contributed by atoms with Gasteiger partial charge in [-0.2, -0.15) is 0 Å². The van der Waals surface area contributed by atoms with Crippen molar-refractivity contribution < 1.29 is 33.6 Å². The lowest BCUT2D eigenvalue weighted by atomic mass is 10.1. The predicted octanol–water partition coefficient (Wildman–Crippen LogP) is 5.56. The second kappa shape index (κ2) is 14.6. The Balaban J connectivity index is 2.14. The number of allylic oxidation sites excluding steroid dienone is 1. The Morgan fingerprint density at radius 2 is 1.60 bits per heavy atom. The van der Waals surface area contributed by atoms with Gasteiger partial charge in [0.1, 0.15) is 5.75 Å². The highest BCUT2D eigenvalue weighted by Crippen LogP contribution is 2.40. The molecule has 0 saturated carbocycles. The molecule has 2 rings (SSSR count). The molecule has 0 radical (unpaired) electrons. The molecule has 0 fully saturated rings. The van der Waals surface area contributed by atoms with Crippen LogP contribution in [0.3, 0.4) is 0 Å². The van der Waals surface area contributed by atoms with Gasteiger partial charge in [-0.3, -0.25) is 9.59 Å². The van der Waals surface area contributed by atoms with Gasteiger partial charge in [-0.05, 0) is 55.2 Å². The van der Waals surface area contributed by atoms with Crippen molar-refractivity contribution in [2.45, 2.75) is 46.0 Å². The van der Waals surface area contributed by atoms with E-state index in [4.69, 9.17) is 24.1 Å². The van der Waals surface area contributed by atoms with E-state index < -0.39 is 5.97 Å². The molecule has 2 N–H and O–H groups in total. The molecule has 0 aliphatic rings. The second-order valence-electron chi connectivity index (χ2n) is 7.92. The van der Waals surface area contributed by atoms with Crippen LogP contribution in [0.15, 0.2) is 42.5 Å². The number of carbonyl (C=O) groups is 2. The summed E-state index contributed by atoms with van der Waals surface area (Å²) in [5, 5.41) is 11.6. The number of aliphatic carboxylic acids is 1. The first-order chi connectivity index (χ1) is 16.9. The highest BCUT2D eigenvalue weighted by atomic mass is 16.5. The fourth-order valence-electron chi connectivity index (χ4n) is 3.33. The molecule has 0 aliphatic carbocycles. The number of carboxylic acids is 1. The zero-order chi connectivity index (χ0) is 25.6. The van der Waals surface area contributed by atoms with E-state index in [1.54, 1.807) is 38.5 Å². The number of carboxylic acid groups (broad SMARTS) is 1. The number of ether oxygens (including phenoxy) is 4. The third-order valence-corrected chi connectivity index (χ3v) is 5.20. The Morgan fingerprint density at radius 1 is 0.943 bits per heavy atom. The summed E-state index contributed by atoms with van der Waals surface area (Å²) < 4.78 is 22.6. The van der Waals surface area contributed by atoms with Gasteiger partial charge in [0.15, 0.2) is 11.5 Å². The molecule has 2 aromatic rings. The summed E-state index contributed by atoms with van der Waals surface area (Å²) in [4.78, 5) is 23.4. The Bertz CT molecular complexity index is 991. The van der Waals surface area contributed by atoms with Crippen LogP contribution < -0.4 is 24.3 Å². The van der Waals surface area contributed by atoms with E-state index >= 15 is 0 Å². The fourth-order valence-corrected chi connectivity index (χ4v) is 3.33. The topological polar surface area (TPSA) is 103 Å². The molecule has 8 nitrogen and oxygen atoms in total. The third kappa shape index (κ3) is 8.88. The summed E-state index contributed by atoms with van der Waals surface area (Å²) in [7, 11) is 3.13. The van der Waals surface area contributed by atoms with Crippen LogP contribution in [0.5, 0.6) is 23.0 Å². The Hall–Kier alpha value is -3.68. The van der Waals surface area contributed by atoms with E-state index in [-0.39, 0.29) is 18.9 Å². The molecule has 1 amide bonds. The lowest BCUT2D eigenvalue weighted by Gasteiger charge is -2.16. The highest BCUT2D eigenvalue weighted by molar-refractivity contribution is 6.04. The van der Waals surface area contributed by atoms with Crippen molar-refractivity contribution in [3.8, 4) is 23.0 Å². The van der Waals surface area contributed by atoms with Gasteiger partial charge in [-0.1, -0.05) is 31.9 Å². The van der Waals surface area contributed by atoms with Gasteiger partial charge >= 0.3 is 5.97 Å². The molecule has 0 heterocycles. The van der Waals surface area contributed by atoms with Crippen molar-refractivity contribution in [2.24, 2.45) is 0 Å². The van der Waals surface area contributed by atoms with Crippen molar-refractivity contribution in [3.05, 3.63) is 48.0 Å². The van der Waals surface area contributed by atoms with Crippen molar-refractivity contribution in [3.63, 3.8) is 0 Å². The molecule has 35 heavy (non-hydrogen) atoms. The smallest absolute Gasteiger partial charge is 0.303 e. The summed E-state index contributed by atoms with van der Waals surface area (Å²) in [6.07, 6.45) is 5.00. The van der Waals surface area contributed by atoms with Crippen molar-refractivity contribution in [2.75, 3.05) is 32.8 Å². The number of para-hydroxylation sites is 2. The summed E-state index contributed by atoms with van der Waals surface area (Å²) in [6.45, 7) is 4.76. The van der Waals surface area contributed by atoms with Crippen LogP contribution in [0, 0.1) is 0 Å². The van der Waals surface area contributed by atoms with Crippen LogP contribution in [0.2, 0.25) is 0 Å². The number of nitrogens with one attached hydrogen (secondary N) is 1. The maximum absolute atomic E-state index is 12.7. The van der Waals surface area contributed by atoms with E-state index in [0.29, 0.717) is 47.3 Å². The number of carbonyl (C=O) groups excluding carboxylic acids is 1. The van der Waals surface area contributed by atoms with Gasteiger partial charge in [-0.25, -0.2) is 0 Å². The summed E-state index contributed by atoms with van der Waals surface area (Å²) in [6, 6.07) is 10.7. The summed E-state index contributed by atoms with van der Waals surface area (Å²) >= 11 is 0. The monoisotopic (exact) mass is 485 g/mol. The number of hydrogen-bond donors (Lipinski definition) is 2. The second-order valence-corrected chi connectivity index (χ2v) is 7.92. The van der Waals surface area contributed by atoms with Crippen LogP contribution in [0.25, 0.3) is 5.57 Å². The zero-order valence-corrected chi connectivity index (χ0v) is 20.9. The predicted molar refractivity (Wildman–Crippen MR) is 136 cm³/mol. The Morgan fingerprint density at radius 3 is 2.23 bits per heavy atom. The minimum Gasteiger partial charge on any atom is -0.493 e. The van der Waals surface area contributed by atoms with Gasteiger partial charge < -0.3 is 29.4 Å². The van der Waals surface area contributed by atoms with Gasteiger partial charge in [0, 0.05) is 12.5 Å². The minimum absolute atomic E-state index is 0.0198. The van der Waals surface area contributed by atoms with Crippen molar-refractivity contribution in [1.82, 2.24) is 0 Å². The van der Waals surface area contributed by atoms with Crippen LogP contribution in [-0.4, -0.2) is 44.4 Å². The maximum Gasteiger partial charge on any atom is 0.303 e. The number of benzene rings is 2. The van der Waals surface area contributed by atoms with Crippen molar-refractivity contribution >= 4 is 23.1 Å². The number of anilines is 1. The molecular weight excluding hydrogens is 450 g/mol. The standard InChI is InChI=1S/C27H35NO7/c1-5-6-9-14-35-27-23(32-3)17-20(18-24(27)33-4)19(2)16-25(29)28-21-11-7-8-12-22(21)34-15-10-13-26(30)31/h7-8,11-12,16-18H,5-6,9-10,13-15H2,1-4H3,(H,28,29)(H,30,31)/b19-16+. The molecule has 0 aromatic heterocycles. The number of methoxy groups -OCH3 is 2. The van der Waals surface area contributed by atoms with Crippen LogP contribution in [0.4, 0.5) is 5.69 Å². The summed E-state index contributed by atoms with van der Waals surface area (Å²) in [5.74, 6) is 0.876. The van der Waals surface area contributed by atoms with E-state index in [1.807, 2.05) is 19.1 Å². The van der Waals surface area contributed by atoms with Crippen LogP contribution in [0.1, 0.15) is 51.5 Å². The van der Waals surface area contributed by atoms with E-state index in [2.05, 4.69) is 12.2 Å². The molecule has 0 bridgehead atoms.